The third-order valence-corrected chi connectivity index (χ3v) is 4.25. The minimum Gasteiger partial charge on any atom is -0.444 e. The van der Waals surface area contributed by atoms with Crippen LogP contribution in [0.4, 0.5) is 10.6 Å². The lowest BCUT2D eigenvalue weighted by Crippen LogP contribution is -2.50. The van der Waals surface area contributed by atoms with Crippen molar-refractivity contribution in [3.05, 3.63) is 23.9 Å². The molecule has 0 aromatic carbocycles. The maximum absolute atomic E-state index is 12.0. The summed E-state index contributed by atoms with van der Waals surface area (Å²) in [6, 6.07) is 3.85. The number of aromatic nitrogens is 1. The van der Waals surface area contributed by atoms with Crippen molar-refractivity contribution in [3.63, 3.8) is 0 Å². The first-order valence-electron chi connectivity index (χ1n) is 9.13. The van der Waals surface area contributed by atoms with Gasteiger partial charge in [0.25, 0.3) is 5.91 Å². The molecule has 0 radical (unpaired) electrons. The summed E-state index contributed by atoms with van der Waals surface area (Å²) in [6.45, 7) is 8.59. The summed E-state index contributed by atoms with van der Waals surface area (Å²) in [7, 11) is 0. The molecule has 1 aliphatic rings. The number of anilines is 1. The molecule has 7 heteroatoms. The van der Waals surface area contributed by atoms with Crippen LogP contribution in [0.25, 0.3) is 0 Å². The Morgan fingerprint density at radius 1 is 1.41 bits per heavy atom. The van der Waals surface area contributed by atoms with Gasteiger partial charge in [-0.15, -0.1) is 6.42 Å². The number of rotatable bonds is 4. The van der Waals surface area contributed by atoms with E-state index in [9.17, 15) is 9.59 Å². The Morgan fingerprint density at radius 2 is 2.15 bits per heavy atom. The van der Waals surface area contributed by atoms with Gasteiger partial charge >= 0.3 is 6.09 Å². The van der Waals surface area contributed by atoms with Gasteiger partial charge < -0.3 is 20.3 Å². The predicted octanol–water partition coefficient (Wildman–Crippen LogP) is 2.33. The SMILES string of the molecule is C#CCNC(=O)c1ccc(N2CCC(NC(=O)OC(C)(C)C)CC2C)nc1. The molecule has 2 heterocycles. The first kappa shape index (κ1) is 20.6. The maximum Gasteiger partial charge on any atom is 0.407 e. The number of amides is 2. The highest BCUT2D eigenvalue weighted by Crippen LogP contribution is 2.23. The molecule has 1 fully saturated rings. The van der Waals surface area contributed by atoms with Crippen molar-refractivity contribution >= 4 is 17.8 Å². The smallest absolute Gasteiger partial charge is 0.407 e. The van der Waals surface area contributed by atoms with Crippen LogP contribution in [-0.4, -0.2) is 47.8 Å². The molecule has 0 bridgehead atoms. The van der Waals surface area contributed by atoms with Gasteiger partial charge in [0.2, 0.25) is 0 Å². The lowest BCUT2D eigenvalue weighted by Gasteiger charge is -2.38. The van der Waals surface area contributed by atoms with E-state index >= 15 is 0 Å². The molecule has 2 unspecified atom stereocenters. The van der Waals surface area contributed by atoms with Crippen LogP contribution in [0.15, 0.2) is 18.3 Å². The number of hydrogen-bond donors (Lipinski definition) is 2. The summed E-state index contributed by atoms with van der Waals surface area (Å²) in [5, 5.41) is 5.56. The van der Waals surface area contributed by atoms with Crippen LogP contribution in [0.5, 0.6) is 0 Å². The summed E-state index contributed by atoms with van der Waals surface area (Å²) >= 11 is 0. The molecule has 1 saturated heterocycles. The third-order valence-electron chi connectivity index (χ3n) is 4.25. The molecule has 7 nitrogen and oxygen atoms in total. The lowest BCUT2D eigenvalue weighted by atomic mass is 9.98. The number of hydrogen-bond acceptors (Lipinski definition) is 5. The van der Waals surface area contributed by atoms with Gasteiger partial charge in [0, 0.05) is 24.8 Å². The molecule has 2 rings (SSSR count). The quantitative estimate of drug-likeness (QED) is 0.793. The number of carbonyl (C=O) groups is 2. The zero-order valence-electron chi connectivity index (χ0n) is 16.4. The fourth-order valence-corrected chi connectivity index (χ4v) is 3.04. The second-order valence-corrected chi connectivity index (χ2v) is 7.70. The van der Waals surface area contributed by atoms with E-state index in [1.165, 1.54) is 0 Å². The molecule has 0 spiro atoms. The molecular weight excluding hydrogens is 344 g/mol. The number of pyridine rings is 1. The van der Waals surface area contributed by atoms with Crippen molar-refractivity contribution in [1.82, 2.24) is 15.6 Å². The van der Waals surface area contributed by atoms with E-state index in [1.807, 2.05) is 26.8 Å². The molecule has 27 heavy (non-hydrogen) atoms. The average Bonchev–Trinajstić information content (AvgIpc) is 2.58. The van der Waals surface area contributed by atoms with Gasteiger partial charge in [0.1, 0.15) is 11.4 Å². The number of carbonyl (C=O) groups excluding carboxylic acids is 2. The minimum absolute atomic E-state index is 0.0694. The molecule has 1 aromatic rings. The molecular formula is C20H28N4O3. The van der Waals surface area contributed by atoms with Crippen LogP contribution in [-0.2, 0) is 4.74 Å². The van der Waals surface area contributed by atoms with E-state index in [4.69, 9.17) is 11.2 Å². The molecule has 1 aromatic heterocycles. The maximum atomic E-state index is 12.0. The van der Waals surface area contributed by atoms with Gasteiger partial charge in [-0.1, -0.05) is 5.92 Å². The van der Waals surface area contributed by atoms with Gasteiger partial charge in [-0.05, 0) is 52.7 Å². The third kappa shape index (κ3) is 6.17. The van der Waals surface area contributed by atoms with E-state index in [0.29, 0.717) is 5.56 Å². The minimum atomic E-state index is -0.505. The first-order chi connectivity index (χ1) is 12.7. The lowest BCUT2D eigenvalue weighted by molar-refractivity contribution is 0.0493. The Hall–Kier alpha value is -2.75. The number of alkyl carbamates (subject to hydrolysis) is 1. The zero-order chi connectivity index (χ0) is 20.0. The summed E-state index contributed by atoms with van der Waals surface area (Å²) < 4.78 is 5.32. The Kier molecular flexibility index (Phi) is 6.67. The number of terminal acetylenes is 1. The first-order valence-corrected chi connectivity index (χ1v) is 9.13. The summed E-state index contributed by atoms with van der Waals surface area (Å²) in [6.07, 6.45) is 7.91. The Morgan fingerprint density at radius 3 is 2.70 bits per heavy atom. The standard InChI is InChI=1S/C20H28N4O3/c1-6-10-21-18(25)15-7-8-17(22-13-15)24-11-9-16(12-14(24)2)23-19(26)27-20(3,4)5/h1,7-8,13-14,16H,9-12H2,2-5H3,(H,21,25)(H,23,26). The predicted molar refractivity (Wildman–Crippen MR) is 105 cm³/mol. The van der Waals surface area contributed by atoms with Crippen LogP contribution in [0, 0.1) is 12.3 Å². The van der Waals surface area contributed by atoms with Crippen LogP contribution < -0.4 is 15.5 Å². The van der Waals surface area contributed by atoms with E-state index in [2.05, 4.69) is 33.4 Å². The van der Waals surface area contributed by atoms with E-state index in [0.717, 1.165) is 25.2 Å². The second kappa shape index (κ2) is 8.76. The van der Waals surface area contributed by atoms with Crippen LogP contribution >= 0.6 is 0 Å². The molecule has 2 amide bonds. The van der Waals surface area contributed by atoms with E-state index in [-0.39, 0.29) is 30.6 Å². The highest BCUT2D eigenvalue weighted by atomic mass is 16.6. The molecule has 1 aliphatic heterocycles. The van der Waals surface area contributed by atoms with Gasteiger partial charge in [-0.3, -0.25) is 4.79 Å². The summed E-state index contributed by atoms with van der Waals surface area (Å²) in [5.41, 5.74) is -0.0303. The number of ether oxygens (including phenoxy) is 1. The molecule has 146 valence electrons. The fraction of sp³-hybridized carbons (Fsp3) is 0.550. The van der Waals surface area contributed by atoms with Gasteiger partial charge in [0.05, 0.1) is 12.1 Å². The van der Waals surface area contributed by atoms with Crippen LogP contribution in [0.1, 0.15) is 50.9 Å². The summed E-state index contributed by atoms with van der Waals surface area (Å²) in [5.74, 6) is 2.94. The number of nitrogens with one attached hydrogen (secondary N) is 2. The van der Waals surface area contributed by atoms with Crippen molar-refractivity contribution in [2.75, 3.05) is 18.0 Å². The van der Waals surface area contributed by atoms with Crippen molar-refractivity contribution in [2.45, 2.75) is 58.2 Å². The monoisotopic (exact) mass is 372 g/mol. The van der Waals surface area contributed by atoms with Crippen molar-refractivity contribution in [1.29, 1.82) is 0 Å². The van der Waals surface area contributed by atoms with E-state index in [1.54, 1.807) is 12.3 Å². The topological polar surface area (TPSA) is 83.6 Å². The summed E-state index contributed by atoms with van der Waals surface area (Å²) in [4.78, 5) is 30.4. The van der Waals surface area contributed by atoms with Crippen molar-refractivity contribution in [2.24, 2.45) is 0 Å². The highest BCUT2D eigenvalue weighted by Gasteiger charge is 2.28. The van der Waals surface area contributed by atoms with Crippen molar-refractivity contribution < 1.29 is 14.3 Å². The highest BCUT2D eigenvalue weighted by molar-refractivity contribution is 5.94. The van der Waals surface area contributed by atoms with Crippen LogP contribution in [0.3, 0.4) is 0 Å². The average molecular weight is 372 g/mol. The Labute approximate surface area is 160 Å². The normalized spacial score (nSPS) is 19.7. The fourth-order valence-electron chi connectivity index (χ4n) is 3.04. The molecule has 0 saturated carbocycles. The molecule has 0 aliphatic carbocycles. The largest absolute Gasteiger partial charge is 0.444 e. The van der Waals surface area contributed by atoms with Gasteiger partial charge in [-0.25, -0.2) is 9.78 Å². The van der Waals surface area contributed by atoms with Crippen LogP contribution in [0.2, 0.25) is 0 Å². The van der Waals surface area contributed by atoms with Crippen molar-refractivity contribution in [3.8, 4) is 12.3 Å². The van der Waals surface area contributed by atoms with Gasteiger partial charge in [0.15, 0.2) is 0 Å². The number of piperidine rings is 1. The Balaban J connectivity index is 1.91. The zero-order valence-corrected chi connectivity index (χ0v) is 16.4. The Bertz CT molecular complexity index is 703. The van der Waals surface area contributed by atoms with E-state index < -0.39 is 5.60 Å². The van der Waals surface area contributed by atoms with Gasteiger partial charge in [-0.2, -0.15) is 0 Å². The number of nitrogens with zero attached hydrogens (tertiary/aromatic N) is 2. The molecule has 2 N–H and O–H groups in total. The second-order valence-electron chi connectivity index (χ2n) is 7.70. The molecule has 2 atom stereocenters.